The predicted octanol–water partition coefficient (Wildman–Crippen LogP) is 2.73. The summed E-state index contributed by atoms with van der Waals surface area (Å²) in [5, 5.41) is 11.4. The Morgan fingerprint density at radius 3 is 2.50 bits per heavy atom. The van der Waals surface area contributed by atoms with Crippen molar-refractivity contribution >= 4 is 0 Å². The molecule has 1 N–H and O–H groups in total. The normalized spacial score (nSPS) is 28.7. The fourth-order valence-corrected chi connectivity index (χ4v) is 4.22. The fourth-order valence-electron chi connectivity index (χ4n) is 4.22. The van der Waals surface area contributed by atoms with E-state index in [9.17, 15) is 5.11 Å². The summed E-state index contributed by atoms with van der Waals surface area (Å²) in [6.45, 7) is 4.75. The Hall–Kier alpha value is -1.95. The highest BCUT2D eigenvalue weighted by atomic mass is 16.5. The maximum atomic E-state index is 11.4. The van der Waals surface area contributed by atoms with Crippen LogP contribution < -0.4 is 4.74 Å². The molecule has 1 aromatic heterocycles. The number of aromatic nitrogens is 1. The molecule has 0 aliphatic carbocycles. The van der Waals surface area contributed by atoms with Crippen LogP contribution in [0.3, 0.4) is 0 Å². The Morgan fingerprint density at radius 1 is 1.15 bits per heavy atom. The molecule has 1 aromatic carbocycles. The van der Waals surface area contributed by atoms with Crippen LogP contribution in [0, 0.1) is 0 Å². The van der Waals surface area contributed by atoms with Crippen molar-refractivity contribution in [3.05, 3.63) is 59.8 Å². The number of hydrogen-bond acceptors (Lipinski definition) is 5. The Balaban J connectivity index is 1.53. The van der Waals surface area contributed by atoms with Crippen molar-refractivity contribution in [1.29, 1.82) is 0 Å². The molecule has 0 amide bonds. The van der Waals surface area contributed by atoms with Crippen LogP contribution in [0.1, 0.15) is 30.9 Å². The van der Waals surface area contributed by atoms with Gasteiger partial charge in [0.15, 0.2) is 0 Å². The first-order valence-corrected chi connectivity index (χ1v) is 9.37. The van der Waals surface area contributed by atoms with Gasteiger partial charge >= 0.3 is 0 Å². The zero-order valence-electron chi connectivity index (χ0n) is 15.2. The molecule has 2 unspecified atom stereocenters. The molecule has 0 spiro atoms. The summed E-state index contributed by atoms with van der Waals surface area (Å²) in [5.74, 6) is 0.602. The third-order valence-corrected chi connectivity index (χ3v) is 5.48. The lowest BCUT2D eigenvalue weighted by molar-refractivity contribution is -0.149. The number of rotatable bonds is 5. The number of morpholine rings is 1. The highest BCUT2D eigenvalue weighted by Gasteiger charge is 2.47. The number of hydrogen-bond donors (Lipinski definition) is 1. The molecule has 2 atom stereocenters. The van der Waals surface area contributed by atoms with Gasteiger partial charge in [0.05, 0.1) is 25.4 Å². The minimum absolute atomic E-state index is 0.208. The standard InChI is InChI=1S/C21H26N2O3/c1-2-26-20-9-8-17(12-22-20)21(24)10-18-14-25-15-19(11-21)23(18)13-16-6-4-3-5-7-16/h3-9,12,18-19,24H,2,10-11,13-15H2,1H3. The van der Waals surface area contributed by atoms with Crippen molar-refractivity contribution in [3.8, 4) is 5.88 Å². The lowest BCUT2D eigenvalue weighted by atomic mass is 9.77. The number of nitrogens with zero attached hydrogens (tertiary/aromatic N) is 2. The number of pyridine rings is 1. The van der Waals surface area contributed by atoms with Crippen LogP contribution in [-0.4, -0.2) is 46.9 Å². The van der Waals surface area contributed by atoms with Gasteiger partial charge in [-0.1, -0.05) is 30.3 Å². The van der Waals surface area contributed by atoms with Crippen LogP contribution in [0.4, 0.5) is 0 Å². The Kier molecular flexibility index (Phi) is 4.94. The van der Waals surface area contributed by atoms with E-state index in [1.807, 2.05) is 25.1 Å². The Morgan fingerprint density at radius 2 is 1.88 bits per heavy atom. The number of piperidine rings is 1. The minimum atomic E-state index is -0.857. The van der Waals surface area contributed by atoms with Crippen LogP contribution in [0.5, 0.6) is 5.88 Å². The molecular weight excluding hydrogens is 328 g/mol. The molecule has 0 saturated carbocycles. The van der Waals surface area contributed by atoms with E-state index in [1.54, 1.807) is 6.20 Å². The van der Waals surface area contributed by atoms with Crippen LogP contribution in [-0.2, 0) is 16.9 Å². The monoisotopic (exact) mass is 354 g/mol. The van der Waals surface area contributed by atoms with Gasteiger partial charge in [-0.25, -0.2) is 4.98 Å². The molecule has 4 rings (SSSR count). The summed E-state index contributed by atoms with van der Waals surface area (Å²) in [6.07, 6.45) is 3.08. The van der Waals surface area contributed by atoms with Gasteiger partial charge in [0, 0.05) is 36.5 Å². The summed E-state index contributed by atoms with van der Waals surface area (Å²) in [7, 11) is 0. The summed E-state index contributed by atoms with van der Waals surface area (Å²) in [4.78, 5) is 6.84. The second-order valence-corrected chi connectivity index (χ2v) is 7.26. The summed E-state index contributed by atoms with van der Waals surface area (Å²) in [6, 6.07) is 14.7. The number of benzene rings is 1. The number of aliphatic hydroxyl groups is 1. The third kappa shape index (κ3) is 3.47. The van der Waals surface area contributed by atoms with E-state index in [1.165, 1.54) is 5.56 Å². The molecule has 2 aromatic rings. The zero-order chi connectivity index (χ0) is 18.0. The van der Waals surface area contributed by atoms with Gasteiger partial charge in [-0.05, 0) is 31.4 Å². The lowest BCUT2D eigenvalue weighted by Gasteiger charge is -2.51. The van der Waals surface area contributed by atoms with Crippen LogP contribution in [0.2, 0.25) is 0 Å². The van der Waals surface area contributed by atoms with Crippen LogP contribution >= 0.6 is 0 Å². The predicted molar refractivity (Wildman–Crippen MR) is 98.9 cm³/mol. The van der Waals surface area contributed by atoms with Crippen LogP contribution in [0.15, 0.2) is 48.7 Å². The van der Waals surface area contributed by atoms with Gasteiger partial charge in [-0.15, -0.1) is 0 Å². The topological polar surface area (TPSA) is 54.8 Å². The van der Waals surface area contributed by atoms with Crippen molar-refractivity contribution in [2.75, 3.05) is 19.8 Å². The van der Waals surface area contributed by atoms with Crippen molar-refractivity contribution in [3.63, 3.8) is 0 Å². The van der Waals surface area contributed by atoms with Gasteiger partial charge in [-0.3, -0.25) is 4.90 Å². The molecular formula is C21H26N2O3. The zero-order valence-corrected chi connectivity index (χ0v) is 15.2. The first-order valence-electron chi connectivity index (χ1n) is 9.37. The maximum Gasteiger partial charge on any atom is 0.213 e. The molecule has 138 valence electrons. The molecule has 2 bridgehead atoms. The number of ether oxygens (including phenoxy) is 2. The molecule has 3 heterocycles. The molecule has 26 heavy (non-hydrogen) atoms. The largest absolute Gasteiger partial charge is 0.478 e. The van der Waals surface area contributed by atoms with Crippen molar-refractivity contribution < 1.29 is 14.6 Å². The highest BCUT2D eigenvalue weighted by Crippen LogP contribution is 2.41. The van der Waals surface area contributed by atoms with E-state index in [4.69, 9.17) is 9.47 Å². The lowest BCUT2D eigenvalue weighted by Crippen LogP contribution is -2.60. The molecule has 0 radical (unpaired) electrons. The number of fused-ring (bicyclic) bond motifs is 2. The van der Waals surface area contributed by atoms with E-state index in [0.29, 0.717) is 38.5 Å². The second kappa shape index (κ2) is 7.35. The van der Waals surface area contributed by atoms with Gasteiger partial charge in [0.2, 0.25) is 5.88 Å². The average molecular weight is 354 g/mol. The Labute approximate surface area is 154 Å². The van der Waals surface area contributed by atoms with Crippen molar-refractivity contribution in [1.82, 2.24) is 9.88 Å². The molecule has 2 aliphatic rings. The molecule has 2 fully saturated rings. The van der Waals surface area contributed by atoms with Crippen LogP contribution in [0.25, 0.3) is 0 Å². The van der Waals surface area contributed by atoms with E-state index < -0.39 is 5.60 Å². The van der Waals surface area contributed by atoms with E-state index in [-0.39, 0.29) is 12.1 Å². The minimum Gasteiger partial charge on any atom is -0.478 e. The van der Waals surface area contributed by atoms with Gasteiger partial charge in [0.25, 0.3) is 0 Å². The molecule has 5 nitrogen and oxygen atoms in total. The van der Waals surface area contributed by atoms with E-state index in [0.717, 1.165) is 12.1 Å². The highest BCUT2D eigenvalue weighted by molar-refractivity contribution is 5.26. The second-order valence-electron chi connectivity index (χ2n) is 7.26. The average Bonchev–Trinajstić information content (AvgIpc) is 2.64. The maximum absolute atomic E-state index is 11.4. The van der Waals surface area contributed by atoms with Crippen molar-refractivity contribution in [2.45, 2.75) is 44.0 Å². The van der Waals surface area contributed by atoms with E-state index >= 15 is 0 Å². The van der Waals surface area contributed by atoms with E-state index in [2.05, 4.69) is 34.1 Å². The molecule has 5 heteroatoms. The molecule has 2 saturated heterocycles. The summed E-state index contributed by atoms with van der Waals surface area (Å²) >= 11 is 0. The smallest absolute Gasteiger partial charge is 0.213 e. The summed E-state index contributed by atoms with van der Waals surface area (Å²) < 4.78 is 11.2. The third-order valence-electron chi connectivity index (χ3n) is 5.48. The first kappa shape index (κ1) is 17.5. The quantitative estimate of drug-likeness (QED) is 0.895. The Bertz CT molecular complexity index is 706. The van der Waals surface area contributed by atoms with Gasteiger partial charge in [-0.2, -0.15) is 0 Å². The summed E-state index contributed by atoms with van der Waals surface area (Å²) in [5.41, 5.74) is 1.32. The fraction of sp³-hybridized carbons (Fsp3) is 0.476. The molecule has 2 aliphatic heterocycles. The van der Waals surface area contributed by atoms with Gasteiger partial charge < -0.3 is 14.6 Å². The van der Waals surface area contributed by atoms with Crippen molar-refractivity contribution in [2.24, 2.45) is 0 Å². The van der Waals surface area contributed by atoms with Gasteiger partial charge in [0.1, 0.15) is 0 Å². The first-order chi connectivity index (χ1) is 12.7. The SMILES string of the molecule is CCOc1ccc(C2(O)CC3COCC(C2)N3Cc2ccccc2)cn1.